The lowest BCUT2D eigenvalue weighted by Gasteiger charge is -2.28. The van der Waals surface area contributed by atoms with Crippen LogP contribution in [0, 0.1) is 11.3 Å². The standard InChI is InChI=1S/C16H18N2/c1-2-3-10-16(13-7-5-4-6-8-13)11-9-15(18)14(16)12-17/h4-9,11H,2-3,10,18H2,1H3/t16-/m1/s1. The Bertz CT molecular complexity index is 520. The van der Waals surface area contributed by atoms with E-state index in [0.29, 0.717) is 11.3 Å². The van der Waals surface area contributed by atoms with E-state index in [9.17, 15) is 5.26 Å². The smallest absolute Gasteiger partial charge is 0.0981 e. The van der Waals surface area contributed by atoms with Gasteiger partial charge in [0.2, 0.25) is 0 Å². The summed E-state index contributed by atoms with van der Waals surface area (Å²) in [6, 6.07) is 12.5. The first-order valence-electron chi connectivity index (χ1n) is 6.39. The van der Waals surface area contributed by atoms with Crippen LogP contribution in [0.15, 0.2) is 53.8 Å². The van der Waals surface area contributed by atoms with Crippen molar-refractivity contribution >= 4 is 0 Å². The molecule has 1 atom stereocenters. The first kappa shape index (κ1) is 12.4. The van der Waals surface area contributed by atoms with Crippen molar-refractivity contribution in [1.29, 1.82) is 5.26 Å². The molecule has 0 heterocycles. The average Bonchev–Trinajstić information content (AvgIpc) is 2.75. The Labute approximate surface area is 108 Å². The lowest BCUT2D eigenvalue weighted by atomic mass is 9.73. The second-order valence-electron chi connectivity index (χ2n) is 4.72. The predicted octanol–water partition coefficient (Wildman–Crippen LogP) is 3.42. The van der Waals surface area contributed by atoms with Gasteiger partial charge in [0.25, 0.3) is 0 Å². The second kappa shape index (κ2) is 5.10. The SMILES string of the molecule is CCCC[C@]1(c2ccccc2)C=CC(N)=C1C#N. The summed E-state index contributed by atoms with van der Waals surface area (Å²) in [5.74, 6) is 0. The third-order valence-electron chi connectivity index (χ3n) is 3.61. The van der Waals surface area contributed by atoms with Crippen LogP contribution in [0.5, 0.6) is 0 Å². The van der Waals surface area contributed by atoms with Crippen LogP contribution in [0.25, 0.3) is 0 Å². The molecule has 18 heavy (non-hydrogen) atoms. The molecule has 0 fully saturated rings. The van der Waals surface area contributed by atoms with Gasteiger partial charge >= 0.3 is 0 Å². The molecule has 0 saturated carbocycles. The van der Waals surface area contributed by atoms with Crippen molar-refractivity contribution in [2.75, 3.05) is 0 Å². The molecule has 2 N–H and O–H groups in total. The minimum atomic E-state index is -0.309. The highest BCUT2D eigenvalue weighted by Gasteiger charge is 2.37. The number of nitrogens with zero attached hydrogens (tertiary/aromatic N) is 1. The van der Waals surface area contributed by atoms with E-state index in [2.05, 4.69) is 31.2 Å². The van der Waals surface area contributed by atoms with Gasteiger partial charge < -0.3 is 5.73 Å². The Morgan fingerprint density at radius 2 is 2.00 bits per heavy atom. The van der Waals surface area contributed by atoms with Gasteiger partial charge in [-0.05, 0) is 18.1 Å². The topological polar surface area (TPSA) is 49.8 Å². The minimum absolute atomic E-state index is 0.309. The number of nitriles is 1. The van der Waals surface area contributed by atoms with E-state index in [4.69, 9.17) is 5.73 Å². The molecule has 0 aromatic heterocycles. The quantitative estimate of drug-likeness (QED) is 0.873. The lowest BCUT2D eigenvalue weighted by Crippen LogP contribution is -2.25. The number of hydrogen-bond donors (Lipinski definition) is 1. The first-order valence-corrected chi connectivity index (χ1v) is 6.39. The maximum absolute atomic E-state index is 9.40. The molecule has 0 unspecified atom stereocenters. The van der Waals surface area contributed by atoms with E-state index in [1.54, 1.807) is 0 Å². The molecule has 2 heteroatoms. The molecule has 1 aromatic rings. The third kappa shape index (κ3) is 1.93. The Morgan fingerprint density at radius 3 is 2.61 bits per heavy atom. The van der Waals surface area contributed by atoms with Gasteiger partial charge in [-0.2, -0.15) is 5.26 Å². The fraction of sp³-hybridized carbons (Fsp3) is 0.312. The van der Waals surface area contributed by atoms with Crippen molar-refractivity contribution in [3.63, 3.8) is 0 Å². The summed E-state index contributed by atoms with van der Waals surface area (Å²) in [5, 5.41) is 9.40. The molecule has 92 valence electrons. The van der Waals surface area contributed by atoms with Crippen molar-refractivity contribution < 1.29 is 0 Å². The molecule has 0 amide bonds. The van der Waals surface area contributed by atoms with Gasteiger partial charge in [-0.1, -0.05) is 56.2 Å². The van der Waals surface area contributed by atoms with Gasteiger partial charge in [-0.3, -0.25) is 0 Å². The van der Waals surface area contributed by atoms with Crippen molar-refractivity contribution in [2.45, 2.75) is 31.6 Å². The first-order chi connectivity index (χ1) is 8.74. The molecule has 0 spiro atoms. The normalized spacial score (nSPS) is 22.2. The van der Waals surface area contributed by atoms with Crippen molar-refractivity contribution in [1.82, 2.24) is 0 Å². The number of nitrogens with two attached hydrogens (primary N) is 1. The Hall–Kier alpha value is -2.01. The van der Waals surface area contributed by atoms with Crippen LogP contribution in [0.2, 0.25) is 0 Å². The van der Waals surface area contributed by atoms with Crippen LogP contribution < -0.4 is 5.73 Å². The van der Waals surface area contributed by atoms with Gasteiger partial charge in [-0.25, -0.2) is 0 Å². The van der Waals surface area contributed by atoms with Gasteiger partial charge in [0.05, 0.1) is 17.1 Å². The van der Waals surface area contributed by atoms with Crippen molar-refractivity contribution in [3.8, 4) is 6.07 Å². The van der Waals surface area contributed by atoms with Crippen LogP contribution in [0.4, 0.5) is 0 Å². The highest BCUT2D eigenvalue weighted by Crippen LogP contribution is 2.42. The summed E-state index contributed by atoms with van der Waals surface area (Å²) in [4.78, 5) is 0. The number of hydrogen-bond acceptors (Lipinski definition) is 2. The van der Waals surface area contributed by atoms with E-state index < -0.39 is 0 Å². The van der Waals surface area contributed by atoms with Crippen LogP contribution >= 0.6 is 0 Å². The maximum Gasteiger partial charge on any atom is 0.0981 e. The van der Waals surface area contributed by atoms with Crippen LogP contribution in [0.3, 0.4) is 0 Å². The fourth-order valence-electron chi connectivity index (χ4n) is 2.60. The molecule has 2 rings (SSSR count). The number of rotatable bonds is 4. The monoisotopic (exact) mass is 238 g/mol. The highest BCUT2D eigenvalue weighted by atomic mass is 14.6. The van der Waals surface area contributed by atoms with Crippen molar-refractivity contribution in [3.05, 3.63) is 59.3 Å². The van der Waals surface area contributed by atoms with Gasteiger partial charge in [0.15, 0.2) is 0 Å². The fourth-order valence-corrected chi connectivity index (χ4v) is 2.60. The van der Waals surface area contributed by atoms with Crippen molar-refractivity contribution in [2.24, 2.45) is 5.73 Å². The Balaban J connectivity index is 2.50. The zero-order valence-corrected chi connectivity index (χ0v) is 10.7. The Morgan fingerprint density at radius 1 is 1.28 bits per heavy atom. The second-order valence-corrected chi connectivity index (χ2v) is 4.72. The molecule has 1 aliphatic rings. The molecule has 1 aliphatic carbocycles. The molecular formula is C16H18N2. The number of unbranched alkanes of at least 4 members (excludes halogenated alkanes) is 1. The predicted molar refractivity (Wildman–Crippen MR) is 73.6 cm³/mol. The third-order valence-corrected chi connectivity index (χ3v) is 3.61. The zero-order chi connectivity index (χ0) is 13.0. The number of benzene rings is 1. The zero-order valence-electron chi connectivity index (χ0n) is 10.7. The largest absolute Gasteiger partial charge is 0.398 e. The summed E-state index contributed by atoms with van der Waals surface area (Å²) in [6.45, 7) is 2.16. The minimum Gasteiger partial charge on any atom is -0.398 e. The summed E-state index contributed by atoms with van der Waals surface area (Å²) < 4.78 is 0. The summed E-state index contributed by atoms with van der Waals surface area (Å²) in [6.07, 6.45) is 7.10. The summed E-state index contributed by atoms with van der Waals surface area (Å²) in [7, 11) is 0. The molecule has 0 bridgehead atoms. The van der Waals surface area contributed by atoms with E-state index in [-0.39, 0.29) is 5.41 Å². The maximum atomic E-state index is 9.40. The molecule has 0 radical (unpaired) electrons. The lowest BCUT2D eigenvalue weighted by molar-refractivity contribution is 0.550. The Kier molecular flexibility index (Phi) is 3.53. The molecule has 0 aliphatic heterocycles. The van der Waals surface area contributed by atoms with Gasteiger partial charge in [0.1, 0.15) is 0 Å². The van der Waals surface area contributed by atoms with Gasteiger partial charge in [-0.15, -0.1) is 0 Å². The van der Waals surface area contributed by atoms with Crippen LogP contribution in [-0.2, 0) is 5.41 Å². The summed E-state index contributed by atoms with van der Waals surface area (Å²) >= 11 is 0. The molecule has 1 aromatic carbocycles. The van der Waals surface area contributed by atoms with Gasteiger partial charge in [0, 0.05) is 5.70 Å². The van der Waals surface area contributed by atoms with E-state index in [1.165, 1.54) is 0 Å². The number of allylic oxidation sites excluding steroid dienone is 3. The van der Waals surface area contributed by atoms with E-state index >= 15 is 0 Å². The van der Waals surface area contributed by atoms with E-state index in [0.717, 1.165) is 24.8 Å². The van der Waals surface area contributed by atoms with Crippen LogP contribution in [0.1, 0.15) is 31.7 Å². The molecular weight excluding hydrogens is 220 g/mol. The average molecular weight is 238 g/mol. The van der Waals surface area contributed by atoms with Crippen LogP contribution in [-0.4, -0.2) is 0 Å². The molecule has 2 nitrogen and oxygen atoms in total. The van der Waals surface area contributed by atoms with E-state index in [1.807, 2.05) is 24.3 Å². The molecule has 0 saturated heterocycles. The summed E-state index contributed by atoms with van der Waals surface area (Å²) in [5.41, 5.74) is 8.10. The highest BCUT2D eigenvalue weighted by molar-refractivity contribution is 5.57.